The van der Waals surface area contributed by atoms with Gasteiger partial charge in [-0.05, 0) is 50.8 Å². The number of methoxy groups -OCH3 is 1. The monoisotopic (exact) mass is 413 g/mol. The second kappa shape index (κ2) is 6.80. The van der Waals surface area contributed by atoms with Crippen molar-refractivity contribution < 1.29 is 18.7 Å². The number of likely N-dealkylation sites (tertiary alicyclic amines) is 1. The molecule has 0 spiro atoms. The number of nitrogens with two attached hydrogens (primary N) is 1. The van der Waals surface area contributed by atoms with Crippen molar-refractivity contribution in [3.8, 4) is 0 Å². The highest BCUT2D eigenvalue weighted by Gasteiger charge is 2.47. The molecule has 1 aliphatic carbocycles. The maximum atomic E-state index is 14.0. The first kappa shape index (κ1) is 19.0. The molecule has 158 valence electrons. The van der Waals surface area contributed by atoms with Crippen LogP contribution in [0.4, 0.5) is 4.39 Å². The molecule has 2 aromatic heterocycles. The van der Waals surface area contributed by atoms with Gasteiger partial charge in [0.25, 0.3) is 5.91 Å². The Morgan fingerprint density at radius 2 is 2.07 bits per heavy atom. The van der Waals surface area contributed by atoms with Crippen LogP contribution in [0.3, 0.4) is 0 Å². The van der Waals surface area contributed by atoms with Crippen molar-refractivity contribution in [2.24, 2.45) is 11.7 Å². The van der Waals surface area contributed by atoms with Gasteiger partial charge in [0.15, 0.2) is 5.65 Å². The van der Waals surface area contributed by atoms with Crippen molar-refractivity contribution in [3.05, 3.63) is 35.3 Å². The molecule has 1 saturated carbocycles. The summed E-state index contributed by atoms with van der Waals surface area (Å²) in [7, 11) is 1.40. The molecule has 2 aliphatic rings. The van der Waals surface area contributed by atoms with Gasteiger partial charge in [-0.15, -0.1) is 0 Å². The number of H-pyrrole nitrogens is 1. The van der Waals surface area contributed by atoms with Crippen LogP contribution in [0.2, 0.25) is 0 Å². The number of aromatic nitrogens is 3. The van der Waals surface area contributed by atoms with E-state index in [0.717, 1.165) is 31.6 Å². The van der Waals surface area contributed by atoms with Crippen LogP contribution in [0.15, 0.2) is 18.3 Å². The van der Waals surface area contributed by atoms with Gasteiger partial charge in [0, 0.05) is 24.4 Å². The second-order valence-corrected chi connectivity index (χ2v) is 8.46. The van der Waals surface area contributed by atoms with Crippen molar-refractivity contribution in [1.82, 2.24) is 19.5 Å². The molecule has 3 aromatic rings. The number of hydrogen-bond acceptors (Lipinski definition) is 5. The molecule has 2 fully saturated rings. The zero-order valence-corrected chi connectivity index (χ0v) is 16.8. The summed E-state index contributed by atoms with van der Waals surface area (Å²) in [4.78, 5) is 31.8. The van der Waals surface area contributed by atoms with E-state index in [1.807, 2.05) is 0 Å². The molecule has 3 N–H and O–H groups in total. The summed E-state index contributed by atoms with van der Waals surface area (Å²) >= 11 is 0. The lowest BCUT2D eigenvalue weighted by atomic mass is 9.73. The lowest BCUT2D eigenvalue weighted by Crippen LogP contribution is -2.48. The third kappa shape index (κ3) is 2.87. The number of benzene rings is 1. The van der Waals surface area contributed by atoms with E-state index in [0.29, 0.717) is 35.1 Å². The van der Waals surface area contributed by atoms with Gasteiger partial charge in [-0.2, -0.15) is 0 Å². The largest absolute Gasteiger partial charge is 0.468 e. The van der Waals surface area contributed by atoms with Gasteiger partial charge in [0.2, 0.25) is 0 Å². The fourth-order valence-electron chi connectivity index (χ4n) is 4.78. The van der Waals surface area contributed by atoms with Crippen molar-refractivity contribution in [2.45, 2.75) is 31.1 Å². The standard InChI is InChI=1S/C21H24FN5O3/c1-30-20(29)21(4-6-26(7-5-21)11-12-2-3-12)15-10-24-27-17-14(18(23)28)8-13(22)9-16(17)25-19(15)27/h8-10,12,24H,2-7,11H2,1H3,(H2,23,28). The second-order valence-electron chi connectivity index (χ2n) is 8.46. The van der Waals surface area contributed by atoms with E-state index < -0.39 is 17.1 Å². The highest BCUT2D eigenvalue weighted by Crippen LogP contribution is 2.41. The first-order chi connectivity index (χ1) is 14.4. The van der Waals surface area contributed by atoms with Crippen LogP contribution in [0.1, 0.15) is 41.6 Å². The number of carbonyl (C=O) groups is 2. The Hall–Kier alpha value is -2.94. The van der Waals surface area contributed by atoms with Crippen LogP contribution in [-0.2, 0) is 14.9 Å². The number of piperidine rings is 1. The van der Waals surface area contributed by atoms with Crippen molar-refractivity contribution in [2.75, 3.05) is 26.7 Å². The number of amides is 1. The molecule has 8 nitrogen and oxygen atoms in total. The normalized spacial score (nSPS) is 19.4. The fraction of sp³-hybridized carbons (Fsp3) is 0.476. The first-order valence-corrected chi connectivity index (χ1v) is 10.2. The molecule has 1 saturated heterocycles. The van der Waals surface area contributed by atoms with E-state index in [2.05, 4.69) is 15.0 Å². The summed E-state index contributed by atoms with van der Waals surface area (Å²) in [6, 6.07) is 2.36. The number of ether oxygens (including phenoxy) is 1. The maximum absolute atomic E-state index is 14.0. The summed E-state index contributed by atoms with van der Waals surface area (Å²) in [6.07, 6.45) is 5.54. The van der Waals surface area contributed by atoms with E-state index in [4.69, 9.17) is 10.5 Å². The first-order valence-electron chi connectivity index (χ1n) is 10.2. The lowest BCUT2D eigenvalue weighted by molar-refractivity contribution is -0.149. The quantitative estimate of drug-likeness (QED) is 0.622. The molecule has 9 heteroatoms. The van der Waals surface area contributed by atoms with E-state index in [1.165, 1.54) is 26.0 Å². The highest BCUT2D eigenvalue weighted by atomic mass is 19.1. The minimum Gasteiger partial charge on any atom is -0.468 e. The highest BCUT2D eigenvalue weighted by molar-refractivity contribution is 6.05. The number of halogens is 1. The number of nitrogens with one attached hydrogen (secondary N) is 1. The number of primary amides is 1. The average molecular weight is 413 g/mol. The molecule has 0 atom stereocenters. The molecule has 1 amide bonds. The van der Waals surface area contributed by atoms with Crippen molar-refractivity contribution >= 4 is 28.6 Å². The molecular weight excluding hydrogens is 389 g/mol. The molecule has 5 rings (SSSR count). The van der Waals surface area contributed by atoms with E-state index in [9.17, 15) is 14.0 Å². The molecule has 0 unspecified atom stereocenters. The molecule has 30 heavy (non-hydrogen) atoms. The maximum Gasteiger partial charge on any atom is 0.316 e. The van der Waals surface area contributed by atoms with Crippen LogP contribution in [0.5, 0.6) is 0 Å². The summed E-state index contributed by atoms with van der Waals surface area (Å²) in [5, 5.41) is 3.08. The van der Waals surface area contributed by atoms with Gasteiger partial charge in [-0.1, -0.05) is 0 Å². The van der Waals surface area contributed by atoms with Gasteiger partial charge in [0.05, 0.1) is 18.2 Å². The predicted molar refractivity (Wildman–Crippen MR) is 108 cm³/mol. The summed E-state index contributed by atoms with van der Waals surface area (Å²) < 4.78 is 20.8. The summed E-state index contributed by atoms with van der Waals surface area (Å²) in [5.74, 6) is -0.846. The molecule has 0 radical (unpaired) electrons. The minimum absolute atomic E-state index is 0.0391. The van der Waals surface area contributed by atoms with E-state index in [1.54, 1.807) is 10.7 Å². The Bertz CT molecular complexity index is 1150. The topological polar surface area (TPSA) is 106 Å². The number of rotatable bonds is 5. The van der Waals surface area contributed by atoms with Gasteiger partial charge < -0.3 is 15.4 Å². The van der Waals surface area contributed by atoms with Gasteiger partial charge in [0.1, 0.15) is 16.7 Å². The van der Waals surface area contributed by atoms with Gasteiger partial charge in [-0.25, -0.2) is 13.9 Å². The van der Waals surface area contributed by atoms with Crippen LogP contribution < -0.4 is 5.73 Å². The zero-order chi connectivity index (χ0) is 21.0. The lowest BCUT2D eigenvalue weighted by Gasteiger charge is -2.39. The Morgan fingerprint density at radius 3 is 2.70 bits per heavy atom. The smallest absolute Gasteiger partial charge is 0.316 e. The van der Waals surface area contributed by atoms with E-state index >= 15 is 0 Å². The minimum atomic E-state index is -0.844. The summed E-state index contributed by atoms with van der Waals surface area (Å²) in [5.41, 5.74) is 6.55. The molecule has 0 bridgehead atoms. The zero-order valence-electron chi connectivity index (χ0n) is 16.8. The van der Waals surface area contributed by atoms with Crippen molar-refractivity contribution in [3.63, 3.8) is 0 Å². The Kier molecular flexibility index (Phi) is 4.32. The van der Waals surface area contributed by atoms with Gasteiger partial charge in [-0.3, -0.25) is 14.7 Å². The number of carbonyl (C=O) groups excluding carboxylic acids is 2. The Labute approximate surface area is 172 Å². The SMILES string of the molecule is COC(=O)C1(c2c[nH]n3c2nc2cc(F)cc(C(N)=O)c23)CCN(CC2CC2)CC1. The fourth-order valence-corrected chi connectivity index (χ4v) is 4.78. The van der Waals surface area contributed by atoms with Crippen molar-refractivity contribution in [1.29, 1.82) is 0 Å². The molecule has 1 aliphatic heterocycles. The number of imidazole rings is 1. The molecule has 1 aromatic carbocycles. The number of aromatic amines is 1. The number of hydrogen-bond donors (Lipinski definition) is 2. The third-order valence-corrected chi connectivity index (χ3v) is 6.58. The van der Waals surface area contributed by atoms with E-state index in [-0.39, 0.29) is 11.5 Å². The van der Waals surface area contributed by atoms with Crippen LogP contribution >= 0.6 is 0 Å². The average Bonchev–Trinajstić information content (AvgIpc) is 3.33. The molecule has 3 heterocycles. The number of fused-ring (bicyclic) bond motifs is 3. The van der Waals surface area contributed by atoms with Crippen LogP contribution in [0.25, 0.3) is 16.7 Å². The Morgan fingerprint density at radius 1 is 1.33 bits per heavy atom. The summed E-state index contributed by atoms with van der Waals surface area (Å²) in [6.45, 7) is 2.67. The predicted octanol–water partition coefficient (Wildman–Crippen LogP) is 1.97. The molecular formula is C21H24FN5O3. The third-order valence-electron chi connectivity index (χ3n) is 6.58. The number of nitrogens with zero attached hydrogens (tertiary/aromatic N) is 3. The Balaban J connectivity index is 1.61. The van der Waals surface area contributed by atoms with Crippen LogP contribution in [0, 0.1) is 11.7 Å². The van der Waals surface area contributed by atoms with Crippen LogP contribution in [-0.4, -0.2) is 58.1 Å². The number of esters is 1. The van der Waals surface area contributed by atoms with Gasteiger partial charge >= 0.3 is 5.97 Å².